The van der Waals surface area contributed by atoms with Crippen LogP contribution in [0, 0.1) is 0 Å². The third kappa shape index (κ3) is 3.59. The van der Waals surface area contributed by atoms with Crippen molar-refractivity contribution >= 4 is 53.3 Å². The van der Waals surface area contributed by atoms with Crippen LogP contribution in [0.2, 0.25) is 0 Å². The summed E-state index contributed by atoms with van der Waals surface area (Å²) in [4.78, 5) is 0. The second kappa shape index (κ2) is 7.76. The second-order valence-corrected chi connectivity index (χ2v) is 6.96. The molecule has 0 amide bonds. The van der Waals surface area contributed by atoms with Crippen molar-refractivity contribution in [1.29, 1.82) is 1.28 Å². The third-order valence-electron chi connectivity index (χ3n) is 3.19. The summed E-state index contributed by atoms with van der Waals surface area (Å²) in [6.07, 6.45) is 0. The van der Waals surface area contributed by atoms with Crippen LogP contribution in [-0.2, 0) is 0 Å². The van der Waals surface area contributed by atoms with Crippen molar-refractivity contribution < 1.29 is 0 Å². The van der Waals surface area contributed by atoms with Crippen LogP contribution >= 0.6 is 7.87 Å². The first-order valence-electron chi connectivity index (χ1n) is 6.98. The number of benzene rings is 3. The van der Waals surface area contributed by atoms with Crippen molar-refractivity contribution in [2.24, 2.45) is 0 Å². The molecule has 3 aromatic rings. The summed E-state index contributed by atoms with van der Waals surface area (Å²) >= 11 is 0. The van der Waals surface area contributed by atoms with Gasteiger partial charge in [0.15, 0.2) is 0 Å². The Morgan fingerprint density at radius 1 is 0.500 bits per heavy atom. The van der Waals surface area contributed by atoms with Gasteiger partial charge in [-0.3, -0.25) is 0 Å². The zero-order valence-corrected chi connectivity index (χ0v) is 14.7. The summed E-state index contributed by atoms with van der Waals surface area (Å²) < 4.78 is 9.28. The number of hydrogen-bond donors (Lipinski definition) is 0. The molecule has 0 unspecified atom stereocenters. The van der Waals surface area contributed by atoms with Gasteiger partial charge in [-0.2, -0.15) is 0 Å². The molecule has 0 aromatic heterocycles. The molecule has 1 radical (unpaired) electrons. The summed E-state index contributed by atoms with van der Waals surface area (Å²) in [7, 11) is -2.63. The van der Waals surface area contributed by atoms with Gasteiger partial charge in [-0.1, -0.05) is 0 Å². The summed E-state index contributed by atoms with van der Waals surface area (Å²) in [5, 5.41) is 3.37. The first kappa shape index (κ1) is 14.0. The minimum atomic E-state index is -2.63. The summed E-state index contributed by atoms with van der Waals surface area (Å²) in [5.41, 5.74) is 0. The Morgan fingerprint density at radius 3 is 1.00 bits per heavy atom. The van der Waals surface area contributed by atoms with E-state index in [1.54, 1.807) is 0 Å². The molecule has 0 atom stereocenters. The van der Waals surface area contributed by atoms with Crippen molar-refractivity contribution in [3.8, 4) is 0 Å². The van der Waals surface area contributed by atoms with E-state index in [0.717, 1.165) is 15.9 Å². The van der Waals surface area contributed by atoms with E-state index >= 15 is 0 Å². The Balaban J connectivity index is 0.00000161. The largest absolute Gasteiger partial charge is 0 e. The van der Waals surface area contributed by atoms with Crippen LogP contribution in [0.1, 0.15) is 0 Å². The molecular formula is C18H17NaP. The molecule has 0 heterocycles. The summed E-state index contributed by atoms with van der Waals surface area (Å²) in [6, 6.07) is 30.7. The van der Waals surface area contributed by atoms with Crippen LogP contribution in [0.25, 0.3) is 0 Å². The molecule has 0 saturated carbocycles. The fourth-order valence-electron chi connectivity index (χ4n) is 2.31. The fourth-order valence-corrected chi connectivity index (χ4v) is 4.89. The summed E-state index contributed by atoms with van der Waals surface area (Å²) in [5.74, 6) is 0. The standard InChI is InChI=1S/C18H17P.Na/c1-4-10-16(11-5-1)19(17-12-6-2-7-13-17)18-14-8-3-9-15-18;/h1-15H,19H2;/i19D;. The second-order valence-electron chi connectivity index (χ2n) is 4.47. The van der Waals surface area contributed by atoms with Gasteiger partial charge >= 0.3 is 116 Å². The molecule has 0 bridgehead atoms. The Morgan fingerprint density at radius 2 is 0.750 bits per heavy atom. The van der Waals surface area contributed by atoms with Crippen LogP contribution in [0.15, 0.2) is 91.0 Å². The molecular weight excluding hydrogens is 270 g/mol. The number of hydrogen-bond acceptors (Lipinski definition) is 0. The molecule has 0 spiro atoms. The van der Waals surface area contributed by atoms with E-state index in [0.29, 0.717) is 0 Å². The average molecular weight is 288 g/mol. The van der Waals surface area contributed by atoms with Gasteiger partial charge in [0.2, 0.25) is 0 Å². The molecule has 3 aromatic carbocycles. The maximum Gasteiger partial charge on any atom is 0 e. The van der Waals surface area contributed by atoms with Gasteiger partial charge in [0, 0.05) is 29.6 Å². The van der Waals surface area contributed by atoms with Gasteiger partial charge < -0.3 is 0 Å². The molecule has 0 nitrogen and oxygen atoms in total. The normalized spacial score (nSPS) is 12.1. The van der Waals surface area contributed by atoms with Gasteiger partial charge in [0.25, 0.3) is 0 Å². The Kier molecular flexibility index (Phi) is 5.45. The van der Waals surface area contributed by atoms with E-state index in [1.807, 2.05) is 54.6 Å². The van der Waals surface area contributed by atoms with Crippen molar-refractivity contribution in [1.82, 2.24) is 0 Å². The van der Waals surface area contributed by atoms with Crippen LogP contribution in [-0.4, -0.2) is 30.8 Å². The molecule has 0 aliphatic rings. The molecule has 0 aliphatic carbocycles. The van der Waals surface area contributed by atoms with E-state index < -0.39 is 7.87 Å². The first-order chi connectivity index (χ1) is 9.82. The maximum absolute atomic E-state index is 9.28. The quantitative estimate of drug-likeness (QED) is 0.513. The smallest absolute Gasteiger partial charge is 0 e. The molecule has 0 saturated heterocycles. The Hall–Kier alpha value is -0.910. The van der Waals surface area contributed by atoms with E-state index in [2.05, 4.69) is 36.4 Å². The van der Waals surface area contributed by atoms with E-state index in [9.17, 15) is 1.28 Å². The van der Waals surface area contributed by atoms with Gasteiger partial charge in [-0.25, -0.2) is 0 Å². The molecule has 0 fully saturated rings. The zero-order chi connectivity index (χ0) is 13.8. The number of rotatable bonds is 3. The monoisotopic (exact) mass is 288 g/mol. The van der Waals surface area contributed by atoms with Gasteiger partial charge in [0.1, 0.15) is 0 Å². The van der Waals surface area contributed by atoms with Crippen LogP contribution in [0.5, 0.6) is 0 Å². The van der Waals surface area contributed by atoms with E-state index in [-0.39, 0.29) is 29.6 Å². The van der Waals surface area contributed by atoms with Crippen LogP contribution in [0.3, 0.4) is 0 Å². The molecule has 95 valence electrons. The van der Waals surface area contributed by atoms with Crippen molar-refractivity contribution in [2.45, 2.75) is 0 Å². The first-order valence-corrected chi connectivity index (χ1v) is 7.98. The van der Waals surface area contributed by atoms with Gasteiger partial charge in [0.05, 0.1) is 0 Å². The molecule has 3 rings (SSSR count). The van der Waals surface area contributed by atoms with Gasteiger partial charge in [-0.05, 0) is 0 Å². The Labute approximate surface area is 145 Å². The van der Waals surface area contributed by atoms with Crippen molar-refractivity contribution in [3.05, 3.63) is 91.0 Å². The summed E-state index contributed by atoms with van der Waals surface area (Å²) in [6.45, 7) is 0. The predicted molar refractivity (Wildman–Crippen MR) is 93.7 cm³/mol. The minimum absolute atomic E-state index is 0. The van der Waals surface area contributed by atoms with Gasteiger partial charge in [-0.15, -0.1) is 0 Å². The molecule has 20 heavy (non-hydrogen) atoms. The van der Waals surface area contributed by atoms with E-state index in [4.69, 9.17) is 0 Å². The zero-order valence-electron chi connectivity index (χ0n) is 12.7. The van der Waals surface area contributed by atoms with Crippen LogP contribution in [0.4, 0.5) is 0 Å². The average Bonchev–Trinajstić information content (AvgIpc) is 2.56. The van der Waals surface area contributed by atoms with Crippen molar-refractivity contribution in [3.63, 3.8) is 0 Å². The minimum Gasteiger partial charge on any atom is 0 e. The SMILES string of the molecule is [2H][PH](c1ccccc1)(c1ccccc1)c1ccccc1.[Na]. The van der Waals surface area contributed by atoms with E-state index in [1.165, 1.54) is 0 Å². The topological polar surface area (TPSA) is 0 Å². The fraction of sp³-hybridized carbons (Fsp3) is 0. The predicted octanol–water partition coefficient (Wildman–Crippen LogP) is 2.53. The molecule has 2 heteroatoms. The van der Waals surface area contributed by atoms with Crippen molar-refractivity contribution in [2.75, 3.05) is 0 Å². The molecule has 0 N–H and O–H groups in total. The van der Waals surface area contributed by atoms with Crippen LogP contribution < -0.4 is 15.9 Å². The maximum atomic E-state index is 9.28. The molecule has 0 aliphatic heterocycles. The third-order valence-corrected chi connectivity index (χ3v) is 5.92. The Bertz CT molecular complexity index is 575.